The molecule has 6 heteroatoms. The van der Waals surface area contributed by atoms with Gasteiger partial charge in [0.15, 0.2) is 5.78 Å². The van der Waals surface area contributed by atoms with Gasteiger partial charge in [0.05, 0.1) is 5.69 Å². The van der Waals surface area contributed by atoms with E-state index >= 15 is 0 Å². The number of rotatable bonds is 6. The molecule has 0 fully saturated rings. The van der Waals surface area contributed by atoms with E-state index < -0.39 is 11.0 Å². The first-order chi connectivity index (χ1) is 12.6. The van der Waals surface area contributed by atoms with Crippen LogP contribution in [0.25, 0.3) is 6.08 Å². The zero-order chi connectivity index (χ0) is 18.4. The molecule has 0 amide bonds. The van der Waals surface area contributed by atoms with E-state index in [-0.39, 0.29) is 12.4 Å². The molecule has 1 aromatic heterocycles. The molecule has 6 nitrogen and oxygen atoms in total. The first kappa shape index (κ1) is 17.2. The van der Waals surface area contributed by atoms with Crippen molar-refractivity contribution < 1.29 is 9.53 Å². The Balaban J connectivity index is 1.61. The van der Waals surface area contributed by atoms with Crippen LogP contribution in [0.15, 0.2) is 76.3 Å². The van der Waals surface area contributed by atoms with Crippen LogP contribution in [0.2, 0.25) is 0 Å². The zero-order valence-electron chi connectivity index (χ0n) is 13.8. The molecule has 1 heterocycles. The van der Waals surface area contributed by atoms with Gasteiger partial charge >= 0.3 is 5.56 Å². The second-order valence-corrected chi connectivity index (χ2v) is 5.53. The lowest BCUT2D eigenvalue weighted by molar-refractivity contribution is 0.104. The Hall–Kier alpha value is -3.67. The van der Waals surface area contributed by atoms with Crippen molar-refractivity contribution in [3.63, 3.8) is 0 Å². The molecule has 0 aliphatic carbocycles. The fourth-order valence-corrected chi connectivity index (χ4v) is 2.25. The first-order valence-electron chi connectivity index (χ1n) is 7.93. The Morgan fingerprint density at radius 3 is 2.38 bits per heavy atom. The molecule has 0 saturated carbocycles. The van der Waals surface area contributed by atoms with Gasteiger partial charge in [-0.2, -0.15) is 0 Å². The predicted octanol–water partition coefficient (Wildman–Crippen LogP) is 2.54. The standard InChI is InChI=1S/C20H16N2O4/c23-18(11-6-14-4-2-1-3-5-14)15-7-9-17(10-8-15)26-13-16-12-19(24)20(25)22-21-16/h1-12H,13H2,(H,21,24)(H,22,25)/b11-6+. The fourth-order valence-electron chi connectivity index (χ4n) is 2.25. The van der Waals surface area contributed by atoms with Gasteiger partial charge in [0.1, 0.15) is 12.4 Å². The quantitative estimate of drug-likeness (QED) is 0.407. The summed E-state index contributed by atoms with van der Waals surface area (Å²) in [7, 11) is 0. The van der Waals surface area contributed by atoms with Crippen molar-refractivity contribution in [1.29, 1.82) is 0 Å². The van der Waals surface area contributed by atoms with Crippen LogP contribution in [-0.4, -0.2) is 16.0 Å². The highest BCUT2D eigenvalue weighted by Gasteiger charge is 2.03. The summed E-state index contributed by atoms with van der Waals surface area (Å²) in [5, 5.41) is 4.81. The van der Waals surface area contributed by atoms with Gasteiger partial charge in [-0.3, -0.25) is 24.6 Å². The minimum absolute atomic E-state index is 0.0905. The number of H-pyrrole nitrogens is 2. The smallest absolute Gasteiger partial charge is 0.310 e. The van der Waals surface area contributed by atoms with E-state index in [2.05, 4.69) is 10.2 Å². The number of nitrogens with one attached hydrogen (secondary N) is 2. The van der Waals surface area contributed by atoms with Gasteiger partial charge < -0.3 is 4.74 Å². The highest BCUT2D eigenvalue weighted by Crippen LogP contribution is 2.14. The highest BCUT2D eigenvalue weighted by molar-refractivity contribution is 6.06. The van der Waals surface area contributed by atoms with E-state index in [0.29, 0.717) is 17.0 Å². The lowest BCUT2D eigenvalue weighted by Crippen LogP contribution is -2.28. The summed E-state index contributed by atoms with van der Waals surface area (Å²) in [5.41, 5.74) is 0.604. The van der Waals surface area contributed by atoms with E-state index in [0.717, 1.165) is 5.56 Å². The highest BCUT2D eigenvalue weighted by atomic mass is 16.5. The molecule has 0 unspecified atom stereocenters. The van der Waals surface area contributed by atoms with E-state index in [1.807, 2.05) is 30.3 Å². The number of benzene rings is 2. The fraction of sp³-hybridized carbons (Fsp3) is 0.0500. The van der Waals surface area contributed by atoms with Gasteiger partial charge in [-0.15, -0.1) is 0 Å². The van der Waals surface area contributed by atoms with Crippen molar-refractivity contribution in [1.82, 2.24) is 10.2 Å². The second-order valence-electron chi connectivity index (χ2n) is 5.53. The van der Waals surface area contributed by atoms with Gasteiger partial charge in [0.25, 0.3) is 0 Å². The van der Waals surface area contributed by atoms with Crippen molar-refractivity contribution in [3.8, 4) is 5.75 Å². The molecule has 0 saturated heterocycles. The van der Waals surface area contributed by atoms with Gasteiger partial charge in [0, 0.05) is 11.6 Å². The molecule has 0 spiro atoms. The summed E-state index contributed by atoms with van der Waals surface area (Å²) >= 11 is 0. The van der Waals surface area contributed by atoms with Crippen LogP contribution in [-0.2, 0) is 6.61 Å². The van der Waals surface area contributed by atoms with Crippen molar-refractivity contribution in [2.24, 2.45) is 0 Å². The first-order valence-corrected chi connectivity index (χ1v) is 7.93. The Morgan fingerprint density at radius 1 is 0.962 bits per heavy atom. The number of hydrogen-bond acceptors (Lipinski definition) is 4. The lowest BCUT2D eigenvalue weighted by Gasteiger charge is -2.06. The third kappa shape index (κ3) is 4.45. The summed E-state index contributed by atoms with van der Waals surface area (Å²) < 4.78 is 5.53. The van der Waals surface area contributed by atoms with Gasteiger partial charge in [-0.1, -0.05) is 36.4 Å². The number of ketones is 1. The summed E-state index contributed by atoms with van der Waals surface area (Å²) in [6.07, 6.45) is 3.29. The molecule has 130 valence electrons. The van der Waals surface area contributed by atoms with E-state index in [4.69, 9.17) is 4.74 Å². The lowest BCUT2D eigenvalue weighted by atomic mass is 10.1. The number of allylic oxidation sites excluding steroid dienone is 1. The maximum absolute atomic E-state index is 12.2. The number of hydrogen-bond donors (Lipinski definition) is 2. The Morgan fingerprint density at radius 2 is 1.69 bits per heavy atom. The number of ether oxygens (including phenoxy) is 1. The van der Waals surface area contributed by atoms with Gasteiger partial charge in [-0.05, 0) is 35.9 Å². The maximum atomic E-state index is 12.2. The number of carbonyl (C=O) groups is 1. The normalized spacial score (nSPS) is 10.8. The number of carbonyl (C=O) groups excluding carboxylic acids is 1. The molecule has 0 aliphatic rings. The minimum atomic E-state index is -0.708. The zero-order valence-corrected chi connectivity index (χ0v) is 13.8. The Labute approximate surface area is 148 Å². The topological polar surface area (TPSA) is 92.0 Å². The van der Waals surface area contributed by atoms with E-state index in [9.17, 15) is 14.4 Å². The molecular weight excluding hydrogens is 332 g/mol. The van der Waals surface area contributed by atoms with Crippen LogP contribution in [0.4, 0.5) is 0 Å². The van der Waals surface area contributed by atoms with Crippen LogP contribution in [0.5, 0.6) is 5.75 Å². The Kier molecular flexibility index (Phi) is 5.24. The van der Waals surface area contributed by atoms with Crippen LogP contribution in [0.3, 0.4) is 0 Å². The molecule has 0 atom stereocenters. The summed E-state index contributed by atoms with van der Waals surface area (Å²) in [6.45, 7) is 0.0905. The van der Waals surface area contributed by atoms with Crippen molar-refractivity contribution >= 4 is 11.9 Å². The molecule has 0 bridgehead atoms. The van der Waals surface area contributed by atoms with Crippen LogP contribution >= 0.6 is 0 Å². The Bertz CT molecular complexity index is 1030. The van der Waals surface area contributed by atoms with Gasteiger partial charge in [-0.25, -0.2) is 0 Å². The molecule has 2 N–H and O–H groups in total. The largest absolute Gasteiger partial charge is 0.487 e. The average Bonchev–Trinajstić information content (AvgIpc) is 2.68. The molecule has 26 heavy (non-hydrogen) atoms. The van der Waals surface area contributed by atoms with Crippen molar-refractivity contribution in [2.45, 2.75) is 6.61 Å². The molecule has 3 rings (SSSR count). The number of aromatic nitrogens is 2. The number of aromatic amines is 2. The van der Waals surface area contributed by atoms with Crippen LogP contribution in [0.1, 0.15) is 21.6 Å². The summed E-state index contributed by atoms with van der Waals surface area (Å²) in [5.74, 6) is 0.436. The molecule has 0 radical (unpaired) electrons. The SMILES string of the molecule is O=C(/C=C/c1ccccc1)c1ccc(OCc2cc(=O)c(=O)[nH][nH]2)cc1. The van der Waals surface area contributed by atoms with Gasteiger partial charge in [0.2, 0.25) is 5.43 Å². The van der Waals surface area contributed by atoms with Crippen molar-refractivity contribution in [3.05, 3.63) is 104 Å². The van der Waals surface area contributed by atoms with Crippen LogP contribution in [0, 0.1) is 0 Å². The third-order valence-electron chi connectivity index (χ3n) is 3.63. The summed E-state index contributed by atoms with van der Waals surface area (Å²) in [6, 6.07) is 17.4. The average molecular weight is 348 g/mol. The second kappa shape index (κ2) is 7.94. The minimum Gasteiger partial charge on any atom is -0.487 e. The predicted molar refractivity (Wildman–Crippen MR) is 98.3 cm³/mol. The molecule has 0 aliphatic heterocycles. The van der Waals surface area contributed by atoms with E-state index in [1.165, 1.54) is 12.1 Å². The molecule has 3 aromatic rings. The van der Waals surface area contributed by atoms with E-state index in [1.54, 1.807) is 30.3 Å². The van der Waals surface area contributed by atoms with Crippen molar-refractivity contribution in [2.75, 3.05) is 0 Å². The monoisotopic (exact) mass is 348 g/mol. The molecule has 2 aromatic carbocycles. The summed E-state index contributed by atoms with van der Waals surface area (Å²) in [4.78, 5) is 34.5. The maximum Gasteiger partial charge on any atom is 0.310 e. The molecular formula is C20H16N2O4. The van der Waals surface area contributed by atoms with Crippen LogP contribution < -0.4 is 15.7 Å². The third-order valence-corrected chi connectivity index (χ3v) is 3.63.